The third-order valence-electron chi connectivity index (χ3n) is 5.50. The monoisotopic (exact) mass is 418 g/mol. The van der Waals surface area contributed by atoms with Crippen molar-refractivity contribution in [1.82, 2.24) is 9.78 Å². The minimum absolute atomic E-state index is 0.465. The molecule has 1 aliphatic heterocycles. The van der Waals surface area contributed by atoms with Crippen molar-refractivity contribution < 1.29 is 25.2 Å². The molecule has 154 valence electrons. The Bertz CT molecular complexity index is 1020. The highest BCUT2D eigenvalue weighted by atomic mass is 35.5. The molecule has 2 heterocycles. The number of nitrogens with zero attached hydrogens (tertiary/aromatic N) is 2. The van der Waals surface area contributed by atoms with Crippen LogP contribution in [-0.2, 0) is 18.2 Å². The predicted octanol–water partition coefficient (Wildman–Crippen LogP) is 1.33. The summed E-state index contributed by atoms with van der Waals surface area (Å²) in [6.07, 6.45) is -3.59. The molecule has 0 saturated carbocycles. The van der Waals surface area contributed by atoms with E-state index in [1.807, 2.05) is 36.1 Å². The lowest BCUT2D eigenvalue weighted by Crippen LogP contribution is -2.55. The van der Waals surface area contributed by atoms with E-state index in [4.69, 9.17) is 16.3 Å². The standard InChI is InChI=1S/C21H23ClN2O5/c1-24-16-5-2-11(7-14(16)9-23-24)6-13-8-12(3-4-15(13)22)21-20(28)19(27)18(26)17(10-25)29-21/h2-5,7-9,17-21,25-28H,6,10H2,1H3/t17-,18-,19+,20-,21+/m1/s1. The summed E-state index contributed by atoms with van der Waals surface area (Å²) in [5.41, 5.74) is 3.54. The van der Waals surface area contributed by atoms with Gasteiger partial charge in [-0.15, -0.1) is 0 Å². The van der Waals surface area contributed by atoms with Crippen molar-refractivity contribution in [3.8, 4) is 0 Å². The van der Waals surface area contributed by atoms with Crippen molar-refractivity contribution in [3.63, 3.8) is 0 Å². The number of aliphatic hydroxyl groups is 4. The van der Waals surface area contributed by atoms with Gasteiger partial charge in [-0.05, 0) is 41.3 Å². The summed E-state index contributed by atoms with van der Waals surface area (Å²) >= 11 is 6.40. The minimum Gasteiger partial charge on any atom is -0.394 e. The molecule has 4 rings (SSSR count). The second-order valence-corrected chi connectivity index (χ2v) is 7.85. The summed E-state index contributed by atoms with van der Waals surface area (Å²) in [6.45, 7) is -0.465. The molecule has 2 aromatic carbocycles. The lowest BCUT2D eigenvalue weighted by atomic mass is 9.90. The Morgan fingerprint density at radius 3 is 2.62 bits per heavy atom. The number of benzene rings is 2. The van der Waals surface area contributed by atoms with Crippen LogP contribution in [0.25, 0.3) is 10.9 Å². The normalized spacial score (nSPS) is 27.4. The molecule has 1 aliphatic rings. The fraction of sp³-hybridized carbons (Fsp3) is 0.381. The molecule has 4 N–H and O–H groups in total. The van der Waals surface area contributed by atoms with Gasteiger partial charge in [0, 0.05) is 17.5 Å². The summed E-state index contributed by atoms with van der Waals surface area (Å²) in [7, 11) is 1.89. The van der Waals surface area contributed by atoms with E-state index in [0.717, 1.165) is 22.0 Å². The second-order valence-electron chi connectivity index (χ2n) is 7.44. The average Bonchev–Trinajstić information content (AvgIpc) is 3.08. The molecular weight excluding hydrogens is 396 g/mol. The molecule has 1 fully saturated rings. The molecule has 0 unspecified atom stereocenters. The first-order valence-electron chi connectivity index (χ1n) is 9.38. The van der Waals surface area contributed by atoms with E-state index in [9.17, 15) is 20.4 Å². The zero-order chi connectivity index (χ0) is 20.7. The second kappa shape index (κ2) is 8.02. The van der Waals surface area contributed by atoms with Crippen LogP contribution in [0, 0.1) is 0 Å². The number of hydrogen-bond donors (Lipinski definition) is 4. The van der Waals surface area contributed by atoms with Crippen molar-refractivity contribution in [2.24, 2.45) is 7.05 Å². The highest BCUT2D eigenvalue weighted by Gasteiger charge is 2.44. The highest BCUT2D eigenvalue weighted by Crippen LogP contribution is 2.34. The fourth-order valence-electron chi connectivity index (χ4n) is 3.83. The molecule has 0 radical (unpaired) electrons. The van der Waals surface area contributed by atoms with Crippen molar-refractivity contribution in [2.45, 2.75) is 36.9 Å². The number of rotatable bonds is 4. The van der Waals surface area contributed by atoms with Crippen LogP contribution in [0.1, 0.15) is 22.8 Å². The molecule has 0 bridgehead atoms. The number of halogens is 1. The van der Waals surface area contributed by atoms with E-state index in [2.05, 4.69) is 11.2 Å². The van der Waals surface area contributed by atoms with Crippen LogP contribution in [0.5, 0.6) is 0 Å². The Kier molecular flexibility index (Phi) is 5.61. The van der Waals surface area contributed by atoms with E-state index >= 15 is 0 Å². The molecular formula is C21H23ClN2O5. The van der Waals surface area contributed by atoms with Crippen LogP contribution in [-0.4, -0.2) is 61.2 Å². The van der Waals surface area contributed by atoms with Crippen molar-refractivity contribution >= 4 is 22.5 Å². The summed E-state index contributed by atoms with van der Waals surface area (Å²) < 4.78 is 7.47. The lowest BCUT2D eigenvalue weighted by Gasteiger charge is -2.40. The molecule has 0 amide bonds. The summed E-state index contributed by atoms with van der Waals surface area (Å²) in [6, 6.07) is 11.3. The van der Waals surface area contributed by atoms with Crippen molar-refractivity contribution in [1.29, 1.82) is 0 Å². The van der Waals surface area contributed by atoms with Gasteiger partial charge in [-0.2, -0.15) is 5.10 Å². The van der Waals surface area contributed by atoms with Crippen LogP contribution >= 0.6 is 11.6 Å². The molecule has 1 saturated heterocycles. The van der Waals surface area contributed by atoms with Crippen molar-refractivity contribution in [2.75, 3.05) is 6.61 Å². The van der Waals surface area contributed by atoms with Crippen LogP contribution in [0.2, 0.25) is 5.02 Å². The Morgan fingerprint density at radius 1 is 1.07 bits per heavy atom. The number of aromatic nitrogens is 2. The Morgan fingerprint density at radius 2 is 1.86 bits per heavy atom. The zero-order valence-electron chi connectivity index (χ0n) is 15.8. The maximum absolute atomic E-state index is 10.4. The van der Waals surface area contributed by atoms with Gasteiger partial charge in [-0.25, -0.2) is 0 Å². The van der Waals surface area contributed by atoms with Gasteiger partial charge in [0.25, 0.3) is 0 Å². The largest absolute Gasteiger partial charge is 0.394 e. The maximum atomic E-state index is 10.4. The Balaban J connectivity index is 1.63. The Hall–Kier alpha value is -2.00. The molecule has 5 atom stereocenters. The Labute approximate surface area is 172 Å². The van der Waals surface area contributed by atoms with Gasteiger partial charge in [0.15, 0.2) is 0 Å². The first kappa shape index (κ1) is 20.3. The van der Waals surface area contributed by atoms with Gasteiger partial charge in [-0.1, -0.05) is 29.8 Å². The first-order chi connectivity index (χ1) is 13.9. The van der Waals surface area contributed by atoms with E-state index < -0.39 is 37.1 Å². The van der Waals surface area contributed by atoms with E-state index in [0.29, 0.717) is 17.0 Å². The number of aryl methyl sites for hydroxylation is 1. The molecule has 0 spiro atoms. The smallest absolute Gasteiger partial charge is 0.113 e. The van der Waals surface area contributed by atoms with E-state index in [1.54, 1.807) is 12.1 Å². The van der Waals surface area contributed by atoms with Crippen LogP contribution < -0.4 is 0 Å². The first-order valence-corrected chi connectivity index (χ1v) is 9.76. The van der Waals surface area contributed by atoms with Gasteiger partial charge in [-0.3, -0.25) is 4.68 Å². The van der Waals surface area contributed by atoms with Gasteiger partial charge < -0.3 is 25.2 Å². The summed E-state index contributed by atoms with van der Waals surface area (Å²) in [5, 5.41) is 45.7. The number of ether oxygens (including phenoxy) is 1. The van der Waals surface area contributed by atoms with Crippen molar-refractivity contribution in [3.05, 3.63) is 64.3 Å². The fourth-order valence-corrected chi connectivity index (χ4v) is 4.01. The van der Waals surface area contributed by atoms with Gasteiger partial charge in [0.05, 0.1) is 18.3 Å². The summed E-state index contributed by atoms with van der Waals surface area (Å²) in [5.74, 6) is 0. The zero-order valence-corrected chi connectivity index (χ0v) is 16.6. The third kappa shape index (κ3) is 3.77. The number of hydrogen-bond acceptors (Lipinski definition) is 6. The molecule has 8 heteroatoms. The minimum atomic E-state index is -1.42. The topological polar surface area (TPSA) is 108 Å². The van der Waals surface area contributed by atoms with Gasteiger partial charge in [0.1, 0.15) is 30.5 Å². The van der Waals surface area contributed by atoms with Gasteiger partial charge >= 0.3 is 0 Å². The molecule has 1 aromatic heterocycles. The highest BCUT2D eigenvalue weighted by molar-refractivity contribution is 6.31. The SMILES string of the molecule is Cn1ncc2cc(Cc3cc([C@@H]4O[C@H](CO)[C@@H](O)[C@H](O)[C@H]4O)ccc3Cl)ccc21. The maximum Gasteiger partial charge on any atom is 0.113 e. The third-order valence-corrected chi connectivity index (χ3v) is 5.86. The average molecular weight is 419 g/mol. The summed E-state index contributed by atoms with van der Waals surface area (Å²) in [4.78, 5) is 0. The van der Waals surface area contributed by atoms with E-state index in [1.165, 1.54) is 0 Å². The van der Waals surface area contributed by atoms with Crippen LogP contribution in [0.4, 0.5) is 0 Å². The van der Waals surface area contributed by atoms with Crippen LogP contribution in [0.3, 0.4) is 0 Å². The number of fused-ring (bicyclic) bond motifs is 1. The number of aliphatic hydroxyl groups excluding tert-OH is 4. The lowest BCUT2D eigenvalue weighted by molar-refractivity contribution is -0.231. The predicted molar refractivity (Wildman–Crippen MR) is 108 cm³/mol. The molecule has 0 aliphatic carbocycles. The van der Waals surface area contributed by atoms with E-state index in [-0.39, 0.29) is 0 Å². The quantitative estimate of drug-likeness (QED) is 0.509. The van der Waals surface area contributed by atoms with Gasteiger partial charge in [0.2, 0.25) is 0 Å². The molecule has 7 nitrogen and oxygen atoms in total. The molecule has 29 heavy (non-hydrogen) atoms. The van der Waals surface area contributed by atoms with Crippen LogP contribution in [0.15, 0.2) is 42.6 Å². The molecule has 3 aromatic rings.